The van der Waals surface area contributed by atoms with Crippen LogP contribution in [0.5, 0.6) is 0 Å². The molecule has 0 radical (unpaired) electrons. The van der Waals surface area contributed by atoms with Gasteiger partial charge >= 0.3 is 0 Å². The van der Waals surface area contributed by atoms with Gasteiger partial charge in [0, 0.05) is 27.8 Å². The summed E-state index contributed by atoms with van der Waals surface area (Å²) >= 11 is 0. The van der Waals surface area contributed by atoms with Gasteiger partial charge in [-0.2, -0.15) is 0 Å². The lowest BCUT2D eigenvalue weighted by Crippen LogP contribution is -2.30. The largest absolute Gasteiger partial charge is 0.310 e. The number of rotatable bonds is 6. The molecule has 1 heteroatoms. The van der Waals surface area contributed by atoms with Gasteiger partial charge in [0.25, 0.3) is 0 Å². The second kappa shape index (κ2) is 15.4. The topological polar surface area (TPSA) is 3.24 Å². The first kappa shape index (κ1) is 44.0. The Morgan fingerprint density at radius 1 is 0.329 bits per heavy atom. The van der Waals surface area contributed by atoms with E-state index < -0.39 is 5.41 Å². The molecular weight excluding hydrogens is 843 g/mol. The molecule has 0 N–H and O–H groups in total. The van der Waals surface area contributed by atoms with Gasteiger partial charge in [0.15, 0.2) is 0 Å². The Morgan fingerprint density at radius 2 is 0.786 bits per heavy atom. The van der Waals surface area contributed by atoms with E-state index in [2.05, 4.69) is 274 Å². The smallest absolute Gasteiger partial charge is 0.0714 e. The molecule has 1 nitrogen and oxygen atoms in total. The monoisotopic (exact) mass is 905 g/mol. The Balaban J connectivity index is 1.14. The molecule has 12 rings (SSSR count). The van der Waals surface area contributed by atoms with Crippen LogP contribution in [0.1, 0.15) is 125 Å². The lowest BCUT2D eigenvalue weighted by Gasteiger charge is -2.36. The molecule has 0 atom stereocenters. The van der Waals surface area contributed by atoms with Gasteiger partial charge in [0.1, 0.15) is 0 Å². The van der Waals surface area contributed by atoms with Crippen molar-refractivity contribution in [2.45, 2.75) is 96.3 Å². The van der Waals surface area contributed by atoms with Gasteiger partial charge in [-0.3, -0.25) is 0 Å². The highest BCUT2D eigenvalue weighted by atomic mass is 15.1. The zero-order valence-corrected chi connectivity index (χ0v) is 42.5. The first-order valence-electron chi connectivity index (χ1n) is 25.3. The number of anilines is 3. The maximum Gasteiger partial charge on any atom is 0.0714 e. The molecule has 9 aromatic carbocycles. The third kappa shape index (κ3) is 6.43. The van der Waals surface area contributed by atoms with Crippen molar-refractivity contribution >= 4 is 17.1 Å². The van der Waals surface area contributed by atoms with Crippen molar-refractivity contribution in [3.8, 4) is 44.5 Å². The average Bonchev–Trinajstić information content (AvgIpc) is 3.88. The summed E-state index contributed by atoms with van der Waals surface area (Å²) in [5.74, 6) is 0. The number of benzene rings is 9. The fourth-order valence-electron chi connectivity index (χ4n) is 12.6. The molecule has 344 valence electrons. The maximum atomic E-state index is 2.59. The highest BCUT2D eigenvalue weighted by Crippen LogP contribution is 2.62. The van der Waals surface area contributed by atoms with Crippen LogP contribution in [-0.2, 0) is 27.1 Å². The van der Waals surface area contributed by atoms with Crippen LogP contribution < -0.4 is 4.90 Å². The van der Waals surface area contributed by atoms with E-state index in [9.17, 15) is 0 Å². The number of fused-ring (bicyclic) bond motifs is 9. The van der Waals surface area contributed by atoms with Gasteiger partial charge < -0.3 is 4.90 Å². The van der Waals surface area contributed by atoms with Crippen LogP contribution in [0.2, 0.25) is 0 Å². The molecule has 3 aliphatic carbocycles. The van der Waals surface area contributed by atoms with Gasteiger partial charge in [0.2, 0.25) is 0 Å². The van der Waals surface area contributed by atoms with Crippen molar-refractivity contribution in [1.82, 2.24) is 0 Å². The average molecular weight is 906 g/mol. The zero-order chi connectivity index (χ0) is 48.5. The maximum absolute atomic E-state index is 2.59. The third-order valence-electron chi connectivity index (χ3n) is 16.5. The summed E-state index contributed by atoms with van der Waals surface area (Å²) in [7, 11) is 0. The summed E-state index contributed by atoms with van der Waals surface area (Å²) in [6, 6.07) is 76.8. The van der Waals surface area contributed by atoms with E-state index in [1.807, 2.05) is 0 Å². The van der Waals surface area contributed by atoms with Crippen LogP contribution in [0.15, 0.2) is 200 Å². The van der Waals surface area contributed by atoms with Crippen LogP contribution in [0, 0.1) is 0 Å². The Hall–Kier alpha value is -7.22. The molecule has 0 unspecified atom stereocenters. The van der Waals surface area contributed by atoms with Crippen LogP contribution in [-0.4, -0.2) is 0 Å². The molecule has 0 saturated heterocycles. The predicted octanol–water partition coefficient (Wildman–Crippen LogP) is 18.4. The van der Waals surface area contributed by atoms with Crippen molar-refractivity contribution in [2.75, 3.05) is 4.90 Å². The fourth-order valence-corrected chi connectivity index (χ4v) is 12.6. The normalized spacial score (nSPS) is 15.3. The van der Waals surface area contributed by atoms with Gasteiger partial charge in [-0.25, -0.2) is 0 Å². The van der Waals surface area contributed by atoms with Crippen LogP contribution in [0.25, 0.3) is 44.5 Å². The minimum atomic E-state index is -0.581. The predicted molar refractivity (Wildman–Crippen MR) is 296 cm³/mol. The number of nitrogens with zero attached hydrogens (tertiary/aromatic N) is 1. The first-order chi connectivity index (χ1) is 33.5. The minimum absolute atomic E-state index is 0.0521. The molecule has 3 aliphatic rings. The van der Waals surface area contributed by atoms with E-state index in [0.717, 1.165) is 11.4 Å². The molecule has 0 spiro atoms. The zero-order valence-electron chi connectivity index (χ0n) is 42.5. The van der Waals surface area contributed by atoms with Gasteiger partial charge in [-0.05, 0) is 142 Å². The van der Waals surface area contributed by atoms with Crippen molar-refractivity contribution in [3.63, 3.8) is 0 Å². The summed E-state index contributed by atoms with van der Waals surface area (Å²) < 4.78 is 0. The van der Waals surface area contributed by atoms with Gasteiger partial charge in [0.05, 0.1) is 11.1 Å². The van der Waals surface area contributed by atoms with Crippen LogP contribution >= 0.6 is 0 Å². The van der Waals surface area contributed by atoms with E-state index in [0.29, 0.717) is 0 Å². The summed E-state index contributed by atoms with van der Waals surface area (Å²) in [6.07, 6.45) is 0. The summed E-state index contributed by atoms with van der Waals surface area (Å²) in [5.41, 5.74) is 26.2. The standard InChI is InChI=1S/C69H63N/c1-65(2,3)48-32-37-56-61(40-48)69(46-21-13-11-14-22-46,47-23-15-12-16-24-47)62-41-49(66(4,5)6)42-63(64(56)62)70(51-35-38-55-53-26-18-20-28-58(53)68(9,10)60(55)43-51)50-33-29-44(30-34-50)45-31-36-54-52-25-17-19-27-57(52)67(7,8)59(54)39-45/h11-43H,1-10H3. The highest BCUT2D eigenvalue weighted by Gasteiger charge is 2.49. The lowest BCUT2D eigenvalue weighted by atomic mass is 9.66. The number of hydrogen-bond donors (Lipinski definition) is 0. The molecule has 0 aromatic heterocycles. The molecule has 70 heavy (non-hydrogen) atoms. The number of hydrogen-bond acceptors (Lipinski definition) is 1. The third-order valence-corrected chi connectivity index (χ3v) is 16.5. The minimum Gasteiger partial charge on any atom is -0.310 e. The van der Waals surface area contributed by atoms with E-state index in [1.165, 1.54) is 106 Å². The van der Waals surface area contributed by atoms with E-state index >= 15 is 0 Å². The Bertz CT molecular complexity index is 3500. The molecule has 0 aliphatic heterocycles. The molecule has 0 saturated carbocycles. The lowest BCUT2D eigenvalue weighted by molar-refractivity contribution is 0.586. The van der Waals surface area contributed by atoms with E-state index in [1.54, 1.807) is 0 Å². The Kier molecular flexibility index (Phi) is 9.68. The van der Waals surface area contributed by atoms with Crippen molar-refractivity contribution in [2.24, 2.45) is 0 Å². The summed E-state index contributed by atoms with van der Waals surface area (Å²) in [5, 5.41) is 0. The molecule has 0 fully saturated rings. The summed E-state index contributed by atoms with van der Waals surface area (Å²) in [4.78, 5) is 2.59. The SMILES string of the molecule is CC(C)(C)c1ccc2c(c1)C(c1ccccc1)(c1ccccc1)c1cc(C(C)(C)C)cc(N(c3ccc(-c4ccc5c(c4)C(C)(C)c4ccccc4-5)cc3)c3ccc4c(c3)C(C)(C)c3ccccc3-4)c1-2. The first-order valence-corrected chi connectivity index (χ1v) is 25.3. The Labute approximate surface area is 416 Å². The molecule has 0 amide bonds. The molecular formula is C69H63N. The van der Waals surface area contributed by atoms with Crippen molar-refractivity contribution in [3.05, 3.63) is 256 Å². The fraction of sp³-hybridized carbons (Fsp3) is 0.217. The van der Waals surface area contributed by atoms with Crippen molar-refractivity contribution in [1.29, 1.82) is 0 Å². The second-order valence-corrected chi connectivity index (χ2v) is 23.4. The van der Waals surface area contributed by atoms with E-state index in [4.69, 9.17) is 0 Å². The van der Waals surface area contributed by atoms with Crippen LogP contribution in [0.3, 0.4) is 0 Å². The van der Waals surface area contributed by atoms with E-state index in [-0.39, 0.29) is 21.7 Å². The molecule has 0 bridgehead atoms. The quantitative estimate of drug-likeness (QED) is 0.161. The summed E-state index contributed by atoms with van der Waals surface area (Å²) in [6.45, 7) is 23.7. The van der Waals surface area contributed by atoms with Crippen LogP contribution in [0.4, 0.5) is 17.1 Å². The highest BCUT2D eigenvalue weighted by molar-refractivity contribution is 5.99. The molecule has 0 heterocycles. The second-order valence-electron chi connectivity index (χ2n) is 23.4. The Morgan fingerprint density at radius 3 is 1.36 bits per heavy atom. The van der Waals surface area contributed by atoms with Crippen molar-refractivity contribution < 1.29 is 0 Å². The molecule has 9 aromatic rings. The van der Waals surface area contributed by atoms with Gasteiger partial charge in [-0.1, -0.05) is 233 Å². The van der Waals surface area contributed by atoms with Gasteiger partial charge in [-0.15, -0.1) is 0 Å².